The van der Waals surface area contributed by atoms with Crippen LogP contribution in [0.5, 0.6) is 0 Å². The second-order valence-corrected chi connectivity index (χ2v) is 13.5. The highest BCUT2D eigenvalue weighted by Gasteiger charge is 2.66. The predicted molar refractivity (Wildman–Crippen MR) is 156 cm³/mol. The number of rotatable bonds is 4. The third-order valence-corrected chi connectivity index (χ3v) is 9.16. The van der Waals surface area contributed by atoms with E-state index in [2.05, 4.69) is 42.8 Å². The lowest BCUT2D eigenvalue weighted by Crippen LogP contribution is -2.49. The minimum Gasteiger partial charge on any atom is -0.325 e. The Bertz CT molecular complexity index is 1500. The number of nitrogens with zero attached hydrogens (tertiary/aromatic N) is 1. The fourth-order valence-electron chi connectivity index (χ4n) is 5.82. The first-order chi connectivity index (χ1) is 18.0. The molecule has 2 aliphatic heterocycles. The molecule has 3 aromatic rings. The lowest BCUT2D eigenvalue weighted by atomic mass is 9.62. The van der Waals surface area contributed by atoms with Gasteiger partial charge in [-0.05, 0) is 75.9 Å². The molecule has 1 aromatic heterocycles. The summed E-state index contributed by atoms with van der Waals surface area (Å²) in [5.41, 5.74) is 0.0678. The number of hydrogen-bond acceptors (Lipinski definition) is 5. The first kappa shape index (κ1) is 27.1. The lowest BCUT2D eigenvalue weighted by Gasteiger charge is -2.37. The monoisotopic (exact) mass is 662 g/mol. The molecule has 0 unspecified atom stereocenters. The Morgan fingerprint density at radius 1 is 1.26 bits per heavy atom. The van der Waals surface area contributed by atoms with Crippen LogP contribution in [-0.2, 0) is 15.0 Å². The number of amides is 2. The van der Waals surface area contributed by atoms with Crippen LogP contribution >= 0.6 is 45.5 Å². The van der Waals surface area contributed by atoms with Crippen molar-refractivity contribution in [1.29, 1.82) is 5.26 Å². The molecule has 10 heteroatoms. The quantitative estimate of drug-likeness (QED) is 0.282. The Labute approximate surface area is 243 Å². The van der Waals surface area contributed by atoms with Gasteiger partial charge in [0, 0.05) is 26.2 Å². The average molecular weight is 663 g/mol. The Kier molecular flexibility index (Phi) is 7.05. The summed E-state index contributed by atoms with van der Waals surface area (Å²) in [6.45, 7) is 6.21. The maximum atomic E-state index is 15.9. The second-order valence-electron chi connectivity index (χ2n) is 10.9. The SMILES string of the molecule is CC(C)(C)C[C@@H]1N[C@@H](C(=O)Nc2ccc(C#N)s2)[C@H](c2cccc(I)c2F)[C@]12C(=O)Nc1cc(Cl)ccc12. The number of fused-ring (bicyclic) bond motifs is 2. The van der Waals surface area contributed by atoms with Crippen LogP contribution in [0.15, 0.2) is 48.5 Å². The molecule has 1 fully saturated rings. The van der Waals surface area contributed by atoms with E-state index in [4.69, 9.17) is 11.6 Å². The highest BCUT2D eigenvalue weighted by Crippen LogP contribution is 2.57. The standard InChI is InChI=1S/C28H25ClFIN4O2S/c1-27(2,3)12-20-28(17-9-7-14(29)11-19(17)33-26(28)37)22(16-5-4-6-18(31)23(16)30)24(34-20)25(36)35-21-10-8-15(13-32)38-21/h4-11,20,22,24,34H,12H2,1-3H3,(H,33,37)(H,35,36)/t20-,22-,24+,28+/m0/s1. The molecule has 5 rings (SSSR count). The summed E-state index contributed by atoms with van der Waals surface area (Å²) in [6, 6.07) is 14.2. The fourth-order valence-corrected chi connectivity index (χ4v) is 7.21. The van der Waals surface area contributed by atoms with E-state index in [9.17, 15) is 14.9 Å². The van der Waals surface area contributed by atoms with Crippen LogP contribution in [0, 0.1) is 26.1 Å². The number of halogens is 3. The van der Waals surface area contributed by atoms with Crippen molar-refractivity contribution >= 4 is 68.0 Å². The van der Waals surface area contributed by atoms with E-state index in [1.807, 2.05) is 28.7 Å². The van der Waals surface area contributed by atoms with Gasteiger partial charge in [-0.2, -0.15) is 5.26 Å². The van der Waals surface area contributed by atoms with Gasteiger partial charge in [0.15, 0.2) is 0 Å². The van der Waals surface area contributed by atoms with E-state index in [-0.39, 0.29) is 11.3 Å². The lowest BCUT2D eigenvalue weighted by molar-refractivity contribution is -0.122. The van der Waals surface area contributed by atoms with Crippen LogP contribution in [-0.4, -0.2) is 23.9 Å². The number of thiophene rings is 1. The molecular formula is C28H25ClFIN4O2S. The molecule has 2 amide bonds. The molecule has 0 saturated carbocycles. The zero-order valence-electron chi connectivity index (χ0n) is 20.9. The number of carbonyl (C=O) groups excluding carboxylic acids is 2. The van der Waals surface area contributed by atoms with Gasteiger partial charge < -0.3 is 16.0 Å². The minimum absolute atomic E-state index is 0.213. The van der Waals surface area contributed by atoms with E-state index >= 15 is 4.39 Å². The third kappa shape index (κ3) is 4.51. The normalized spacial score (nSPS) is 24.2. The fraction of sp³-hybridized carbons (Fsp3) is 0.321. The van der Waals surface area contributed by atoms with Crippen molar-refractivity contribution in [3.05, 3.63) is 78.9 Å². The molecule has 0 bridgehead atoms. The van der Waals surface area contributed by atoms with Gasteiger partial charge in [0.05, 0.1) is 11.0 Å². The Hall–Kier alpha value is -2.52. The molecule has 0 radical (unpaired) electrons. The summed E-state index contributed by atoms with van der Waals surface area (Å²) in [5.74, 6) is -2.00. The first-order valence-corrected chi connectivity index (χ1v) is 14.4. The van der Waals surface area contributed by atoms with Gasteiger partial charge in [-0.15, -0.1) is 11.3 Å². The summed E-state index contributed by atoms with van der Waals surface area (Å²) in [7, 11) is 0. The third-order valence-electron chi connectivity index (χ3n) is 7.18. The van der Waals surface area contributed by atoms with Gasteiger partial charge in [-0.25, -0.2) is 4.39 Å². The van der Waals surface area contributed by atoms with Crippen molar-refractivity contribution in [2.45, 2.75) is 50.6 Å². The van der Waals surface area contributed by atoms with Crippen molar-refractivity contribution < 1.29 is 14.0 Å². The molecule has 1 spiro atoms. The van der Waals surface area contributed by atoms with Gasteiger partial charge in [0.25, 0.3) is 0 Å². The van der Waals surface area contributed by atoms with Crippen molar-refractivity contribution in [2.75, 3.05) is 10.6 Å². The van der Waals surface area contributed by atoms with Crippen LogP contribution in [0.2, 0.25) is 5.02 Å². The van der Waals surface area contributed by atoms with Gasteiger partial charge in [-0.3, -0.25) is 9.59 Å². The predicted octanol–water partition coefficient (Wildman–Crippen LogP) is 6.41. The van der Waals surface area contributed by atoms with Crippen molar-refractivity contribution in [1.82, 2.24) is 5.32 Å². The zero-order valence-corrected chi connectivity index (χ0v) is 24.6. The summed E-state index contributed by atoms with van der Waals surface area (Å²) >= 11 is 9.37. The number of benzene rings is 2. The molecule has 2 aliphatic rings. The van der Waals surface area contributed by atoms with E-state index in [1.54, 1.807) is 42.5 Å². The topological polar surface area (TPSA) is 94.0 Å². The highest BCUT2D eigenvalue weighted by atomic mass is 127. The summed E-state index contributed by atoms with van der Waals surface area (Å²) in [6.07, 6.45) is 0.548. The highest BCUT2D eigenvalue weighted by molar-refractivity contribution is 14.1. The molecule has 3 N–H and O–H groups in total. The molecule has 3 heterocycles. The van der Waals surface area contributed by atoms with Gasteiger partial charge >= 0.3 is 0 Å². The molecule has 38 heavy (non-hydrogen) atoms. The van der Waals surface area contributed by atoms with E-state index < -0.39 is 35.1 Å². The molecular weight excluding hydrogens is 638 g/mol. The van der Waals surface area contributed by atoms with Crippen molar-refractivity contribution in [2.24, 2.45) is 5.41 Å². The van der Waals surface area contributed by atoms with Crippen molar-refractivity contribution in [3.8, 4) is 6.07 Å². The number of anilines is 2. The molecule has 1 saturated heterocycles. The summed E-state index contributed by atoms with van der Waals surface area (Å²) in [4.78, 5) is 28.5. The first-order valence-electron chi connectivity index (χ1n) is 12.1. The number of carbonyl (C=O) groups is 2. The van der Waals surface area contributed by atoms with Crippen LogP contribution in [0.4, 0.5) is 15.1 Å². The molecule has 2 aromatic carbocycles. The molecule has 196 valence electrons. The van der Waals surface area contributed by atoms with Crippen molar-refractivity contribution in [3.63, 3.8) is 0 Å². The smallest absolute Gasteiger partial charge is 0.242 e. The number of nitrogens with one attached hydrogen (secondary N) is 3. The maximum absolute atomic E-state index is 15.9. The average Bonchev–Trinajstić information content (AvgIpc) is 3.50. The zero-order chi connectivity index (χ0) is 27.4. The van der Waals surface area contributed by atoms with Gasteiger partial charge in [0.2, 0.25) is 11.8 Å². The van der Waals surface area contributed by atoms with E-state index in [1.165, 1.54) is 0 Å². The van der Waals surface area contributed by atoms with E-state index in [0.717, 1.165) is 11.3 Å². The Morgan fingerprint density at radius 3 is 2.71 bits per heavy atom. The summed E-state index contributed by atoms with van der Waals surface area (Å²) < 4.78 is 16.3. The largest absolute Gasteiger partial charge is 0.325 e. The second kappa shape index (κ2) is 9.90. The number of nitriles is 1. The van der Waals surface area contributed by atoms with E-state index in [0.29, 0.717) is 41.7 Å². The van der Waals surface area contributed by atoms with Crippen LogP contribution in [0.25, 0.3) is 0 Å². The Balaban J connectivity index is 1.72. The van der Waals surface area contributed by atoms with Crippen LogP contribution in [0.3, 0.4) is 0 Å². The Morgan fingerprint density at radius 2 is 2.03 bits per heavy atom. The van der Waals surface area contributed by atoms with Gasteiger partial charge in [-0.1, -0.05) is 50.6 Å². The number of hydrogen-bond donors (Lipinski definition) is 3. The van der Waals surface area contributed by atoms with Crippen LogP contribution < -0.4 is 16.0 Å². The summed E-state index contributed by atoms with van der Waals surface area (Å²) in [5, 5.41) is 19.5. The minimum atomic E-state index is -1.27. The molecule has 0 aliphatic carbocycles. The van der Waals surface area contributed by atoms with Gasteiger partial charge in [0.1, 0.15) is 22.2 Å². The van der Waals surface area contributed by atoms with Crippen LogP contribution in [0.1, 0.15) is 49.1 Å². The molecule has 6 nitrogen and oxygen atoms in total. The maximum Gasteiger partial charge on any atom is 0.242 e. The molecule has 4 atom stereocenters.